The van der Waals surface area contributed by atoms with Crippen LogP contribution in [0.4, 0.5) is 0 Å². The molecule has 1 aromatic carbocycles. The molecule has 1 fully saturated rings. The van der Waals surface area contributed by atoms with Crippen molar-refractivity contribution in [2.75, 3.05) is 13.1 Å². The van der Waals surface area contributed by atoms with Gasteiger partial charge in [0.15, 0.2) is 6.23 Å². The minimum absolute atomic E-state index is 0.0108. The molecule has 2 unspecified atom stereocenters. The van der Waals surface area contributed by atoms with Crippen LogP contribution in [-0.2, 0) is 19.6 Å². The fraction of sp³-hybridized carbons (Fsp3) is 0.500. The first-order valence-electron chi connectivity index (χ1n) is 7.11. The molecule has 1 aliphatic rings. The van der Waals surface area contributed by atoms with Gasteiger partial charge >= 0.3 is 5.97 Å². The molecular formula is C14H21N3O4S. The van der Waals surface area contributed by atoms with Crippen LogP contribution in [0.3, 0.4) is 0 Å². The average molecular weight is 327 g/mol. The summed E-state index contributed by atoms with van der Waals surface area (Å²) in [6, 6.07) is 6.56. The third kappa shape index (κ3) is 3.64. The number of piperazine rings is 1. The highest BCUT2D eigenvalue weighted by Gasteiger charge is 2.36. The number of aryl methyl sites for hydroxylation is 1. The second kappa shape index (κ2) is 6.74. The molecule has 0 saturated carbocycles. The maximum absolute atomic E-state index is 12.7. The number of hydrogen-bond donors (Lipinski definition) is 2. The molecule has 3 N–H and O–H groups in total. The molecule has 0 amide bonds. The number of carbonyl (C=O) groups excluding carboxylic acids is 1. The number of ether oxygens (including phenoxy) is 1. The van der Waals surface area contributed by atoms with Crippen LogP contribution in [0.5, 0.6) is 0 Å². The lowest BCUT2D eigenvalue weighted by Gasteiger charge is -2.36. The number of hydrogen-bond acceptors (Lipinski definition) is 6. The number of nitrogens with one attached hydrogen (secondary N) is 1. The van der Waals surface area contributed by atoms with Gasteiger partial charge in [-0.3, -0.25) is 10.1 Å². The predicted octanol–water partition coefficient (Wildman–Crippen LogP) is 0.153. The van der Waals surface area contributed by atoms with Gasteiger partial charge in [-0.1, -0.05) is 24.6 Å². The minimum atomic E-state index is -3.73. The average Bonchev–Trinajstić information content (AvgIpc) is 2.49. The van der Waals surface area contributed by atoms with Crippen LogP contribution in [0.15, 0.2) is 29.2 Å². The van der Waals surface area contributed by atoms with Crippen molar-refractivity contribution in [3.05, 3.63) is 29.8 Å². The molecule has 1 saturated heterocycles. The third-order valence-electron chi connectivity index (χ3n) is 3.46. The smallest absolute Gasteiger partial charge is 0.307 e. The second-order valence-corrected chi connectivity index (χ2v) is 7.09. The zero-order valence-electron chi connectivity index (χ0n) is 12.7. The van der Waals surface area contributed by atoms with Gasteiger partial charge in [0.1, 0.15) is 0 Å². The van der Waals surface area contributed by atoms with E-state index in [-0.39, 0.29) is 30.4 Å². The zero-order valence-corrected chi connectivity index (χ0v) is 13.5. The largest absolute Gasteiger partial charge is 0.445 e. The molecule has 0 spiro atoms. The van der Waals surface area contributed by atoms with Crippen molar-refractivity contribution in [2.24, 2.45) is 5.73 Å². The number of nitrogens with zero attached hydrogens (tertiary/aromatic N) is 1. The molecule has 0 aromatic heterocycles. The molecule has 8 heteroatoms. The second-order valence-electron chi connectivity index (χ2n) is 5.20. The van der Waals surface area contributed by atoms with Crippen LogP contribution in [-0.4, -0.2) is 44.2 Å². The van der Waals surface area contributed by atoms with Gasteiger partial charge in [0.05, 0.1) is 17.6 Å². The zero-order chi connectivity index (χ0) is 16.3. The highest BCUT2D eigenvalue weighted by atomic mass is 32.2. The van der Waals surface area contributed by atoms with Gasteiger partial charge in [-0.2, -0.15) is 4.31 Å². The van der Waals surface area contributed by atoms with Crippen molar-refractivity contribution in [2.45, 2.75) is 37.6 Å². The SMILES string of the molecule is CCC(=O)OC1CN(S(=O)(=O)c2ccc(C)cc2)C(N)CN1. The van der Waals surface area contributed by atoms with Crippen molar-refractivity contribution < 1.29 is 17.9 Å². The highest BCUT2D eigenvalue weighted by molar-refractivity contribution is 7.89. The maximum Gasteiger partial charge on any atom is 0.307 e. The molecule has 0 aliphatic carbocycles. The Bertz CT molecular complexity index is 630. The third-order valence-corrected chi connectivity index (χ3v) is 5.37. The van der Waals surface area contributed by atoms with E-state index < -0.39 is 22.4 Å². The molecule has 122 valence electrons. The van der Waals surface area contributed by atoms with E-state index >= 15 is 0 Å². The number of benzene rings is 1. The summed E-state index contributed by atoms with van der Waals surface area (Å²) in [7, 11) is -3.73. The van der Waals surface area contributed by atoms with Gasteiger partial charge < -0.3 is 10.5 Å². The molecule has 1 aliphatic heterocycles. The van der Waals surface area contributed by atoms with Crippen molar-refractivity contribution in [1.29, 1.82) is 0 Å². The number of sulfonamides is 1. The van der Waals surface area contributed by atoms with E-state index in [0.717, 1.165) is 5.56 Å². The topological polar surface area (TPSA) is 102 Å². The monoisotopic (exact) mass is 327 g/mol. The first-order valence-corrected chi connectivity index (χ1v) is 8.55. The summed E-state index contributed by atoms with van der Waals surface area (Å²) in [5.41, 5.74) is 6.87. The van der Waals surface area contributed by atoms with E-state index in [1.807, 2.05) is 6.92 Å². The Hall–Kier alpha value is -1.48. The fourth-order valence-electron chi connectivity index (χ4n) is 2.16. The first-order chi connectivity index (χ1) is 10.3. The van der Waals surface area contributed by atoms with Crippen molar-refractivity contribution in [1.82, 2.24) is 9.62 Å². The van der Waals surface area contributed by atoms with Crippen molar-refractivity contribution in [3.8, 4) is 0 Å². The molecule has 2 rings (SSSR count). The normalized spacial score (nSPS) is 23.2. The van der Waals surface area contributed by atoms with E-state index in [2.05, 4.69) is 5.32 Å². The molecule has 0 radical (unpaired) electrons. The Morgan fingerprint density at radius 2 is 2.05 bits per heavy atom. The number of esters is 1. The number of rotatable bonds is 4. The van der Waals surface area contributed by atoms with Gasteiger partial charge in [0.2, 0.25) is 10.0 Å². The molecule has 7 nitrogen and oxygen atoms in total. The lowest BCUT2D eigenvalue weighted by Crippen LogP contribution is -2.62. The standard InChI is InChI=1S/C14H21N3O4S/c1-3-14(18)21-13-9-17(12(15)8-16-13)22(19,20)11-6-4-10(2)5-7-11/h4-7,12-13,16H,3,8-9,15H2,1-2H3. The summed E-state index contributed by atoms with van der Waals surface area (Å²) in [5, 5.41) is 2.92. The van der Waals surface area contributed by atoms with Gasteiger partial charge in [0.25, 0.3) is 0 Å². The van der Waals surface area contributed by atoms with Gasteiger partial charge in [-0.25, -0.2) is 8.42 Å². The molecule has 2 atom stereocenters. The van der Waals surface area contributed by atoms with Crippen LogP contribution in [0, 0.1) is 6.92 Å². The summed E-state index contributed by atoms with van der Waals surface area (Å²) >= 11 is 0. The summed E-state index contributed by atoms with van der Waals surface area (Å²) in [4.78, 5) is 11.5. The molecule has 1 aromatic rings. The molecule has 22 heavy (non-hydrogen) atoms. The lowest BCUT2D eigenvalue weighted by molar-refractivity contribution is -0.152. The maximum atomic E-state index is 12.7. The lowest BCUT2D eigenvalue weighted by atomic mass is 10.2. The highest BCUT2D eigenvalue weighted by Crippen LogP contribution is 2.20. The van der Waals surface area contributed by atoms with Crippen molar-refractivity contribution in [3.63, 3.8) is 0 Å². The Labute approximate surface area is 130 Å². The molecule has 0 bridgehead atoms. The predicted molar refractivity (Wildman–Crippen MR) is 81.2 cm³/mol. The Balaban J connectivity index is 2.20. The Kier molecular flexibility index (Phi) is 5.17. The first kappa shape index (κ1) is 16.9. The van der Waals surface area contributed by atoms with Gasteiger partial charge in [-0.05, 0) is 19.1 Å². The quantitative estimate of drug-likeness (QED) is 0.764. The van der Waals surface area contributed by atoms with E-state index in [1.165, 1.54) is 4.31 Å². The molecular weight excluding hydrogens is 306 g/mol. The Morgan fingerprint density at radius 3 is 2.64 bits per heavy atom. The van der Waals surface area contributed by atoms with Crippen molar-refractivity contribution >= 4 is 16.0 Å². The summed E-state index contributed by atoms with van der Waals surface area (Å²) in [6.07, 6.45) is -1.16. The van der Waals surface area contributed by atoms with E-state index in [9.17, 15) is 13.2 Å². The summed E-state index contributed by atoms with van der Waals surface area (Å²) in [5.74, 6) is -0.388. The minimum Gasteiger partial charge on any atom is -0.445 e. The number of carbonyl (C=O) groups is 1. The fourth-order valence-corrected chi connectivity index (χ4v) is 3.67. The summed E-state index contributed by atoms with van der Waals surface area (Å²) < 4.78 is 31.7. The van der Waals surface area contributed by atoms with E-state index in [4.69, 9.17) is 10.5 Å². The summed E-state index contributed by atoms with van der Waals surface area (Å²) in [6.45, 7) is 3.76. The number of nitrogens with two attached hydrogens (primary N) is 1. The molecule has 1 heterocycles. The van der Waals surface area contributed by atoms with Crippen LogP contribution in [0.1, 0.15) is 18.9 Å². The van der Waals surface area contributed by atoms with Gasteiger partial charge in [0, 0.05) is 13.0 Å². The van der Waals surface area contributed by atoms with E-state index in [0.29, 0.717) is 0 Å². The van der Waals surface area contributed by atoms with E-state index in [1.54, 1.807) is 31.2 Å². The van der Waals surface area contributed by atoms with Crippen LogP contribution >= 0.6 is 0 Å². The van der Waals surface area contributed by atoms with Crippen LogP contribution in [0.2, 0.25) is 0 Å². The Morgan fingerprint density at radius 1 is 1.41 bits per heavy atom. The van der Waals surface area contributed by atoms with Crippen LogP contribution < -0.4 is 11.1 Å². The van der Waals surface area contributed by atoms with Gasteiger partial charge in [-0.15, -0.1) is 0 Å². The van der Waals surface area contributed by atoms with Crippen LogP contribution in [0.25, 0.3) is 0 Å².